The summed E-state index contributed by atoms with van der Waals surface area (Å²) < 4.78 is 5.33. The summed E-state index contributed by atoms with van der Waals surface area (Å²) in [5.74, 6) is -0.782. The normalized spacial score (nSPS) is 10.4. The maximum atomic E-state index is 11.3. The molecule has 2 aromatic carbocycles. The van der Waals surface area contributed by atoms with Crippen molar-refractivity contribution in [3.05, 3.63) is 35.9 Å². The molecule has 0 saturated carbocycles. The zero-order chi connectivity index (χ0) is 12.4. The van der Waals surface area contributed by atoms with Crippen LogP contribution in [0, 0.1) is 0 Å². The number of nitrogen functional groups attached to an aromatic ring is 1. The molecule has 4 heteroatoms. The molecule has 0 heterocycles. The fraction of sp³-hybridized carbons (Fsp3) is 0.154. The predicted octanol–water partition coefficient (Wildman–Crippen LogP) is 2.52. The molecule has 4 nitrogen and oxygen atoms in total. The van der Waals surface area contributed by atoms with E-state index in [1.807, 2.05) is 12.1 Å². The number of fused-ring (bicyclic) bond motifs is 1. The molecule has 0 unspecified atom stereocenters. The number of rotatable bonds is 3. The van der Waals surface area contributed by atoms with Crippen LogP contribution in [0.25, 0.3) is 10.8 Å². The van der Waals surface area contributed by atoms with Crippen LogP contribution < -0.4 is 10.5 Å². The van der Waals surface area contributed by atoms with Crippen molar-refractivity contribution >= 4 is 22.4 Å². The number of carboxylic acids is 1. The maximum absolute atomic E-state index is 11.3. The van der Waals surface area contributed by atoms with Gasteiger partial charge in [-0.2, -0.15) is 0 Å². The number of carboxylic acid groups (broad SMARTS) is 1. The Balaban J connectivity index is 2.83. The van der Waals surface area contributed by atoms with Gasteiger partial charge in [-0.25, -0.2) is 4.79 Å². The van der Waals surface area contributed by atoms with E-state index in [-0.39, 0.29) is 11.3 Å². The summed E-state index contributed by atoms with van der Waals surface area (Å²) in [5.41, 5.74) is 6.30. The molecule has 17 heavy (non-hydrogen) atoms. The van der Waals surface area contributed by atoms with E-state index in [1.165, 1.54) is 0 Å². The lowest BCUT2D eigenvalue weighted by Gasteiger charge is -2.12. The van der Waals surface area contributed by atoms with Gasteiger partial charge in [-0.3, -0.25) is 0 Å². The zero-order valence-electron chi connectivity index (χ0n) is 9.43. The second-order valence-electron chi connectivity index (χ2n) is 3.63. The first-order chi connectivity index (χ1) is 8.15. The van der Waals surface area contributed by atoms with Gasteiger partial charge in [0.25, 0.3) is 0 Å². The first kappa shape index (κ1) is 11.3. The Labute approximate surface area is 98.6 Å². The van der Waals surface area contributed by atoms with Crippen LogP contribution in [-0.2, 0) is 0 Å². The summed E-state index contributed by atoms with van der Waals surface area (Å²) in [7, 11) is 0. The number of ether oxygens (including phenoxy) is 1. The highest BCUT2D eigenvalue weighted by Crippen LogP contribution is 2.34. The molecule has 0 bridgehead atoms. The van der Waals surface area contributed by atoms with Crippen molar-refractivity contribution in [3.63, 3.8) is 0 Å². The van der Waals surface area contributed by atoms with E-state index in [0.717, 1.165) is 5.39 Å². The SMILES string of the molecule is CCOc1c(N)cc2ccccc2c1C(=O)O. The van der Waals surface area contributed by atoms with Gasteiger partial charge in [-0.1, -0.05) is 24.3 Å². The molecular weight excluding hydrogens is 218 g/mol. The Kier molecular flexibility index (Phi) is 2.87. The third-order valence-corrected chi connectivity index (χ3v) is 2.53. The number of hydrogen-bond acceptors (Lipinski definition) is 3. The molecule has 0 fully saturated rings. The van der Waals surface area contributed by atoms with Gasteiger partial charge in [0.1, 0.15) is 5.56 Å². The summed E-state index contributed by atoms with van der Waals surface area (Å²) >= 11 is 0. The predicted molar refractivity (Wildman–Crippen MR) is 66.5 cm³/mol. The van der Waals surface area contributed by atoms with Gasteiger partial charge in [0.2, 0.25) is 0 Å². The van der Waals surface area contributed by atoms with Crippen molar-refractivity contribution in [2.24, 2.45) is 0 Å². The quantitative estimate of drug-likeness (QED) is 0.796. The number of benzene rings is 2. The molecule has 3 N–H and O–H groups in total. The molecule has 0 spiro atoms. The van der Waals surface area contributed by atoms with Crippen LogP contribution >= 0.6 is 0 Å². The van der Waals surface area contributed by atoms with E-state index in [1.54, 1.807) is 25.1 Å². The van der Waals surface area contributed by atoms with Crippen LogP contribution in [0.2, 0.25) is 0 Å². The number of aromatic carboxylic acids is 1. The molecule has 0 aliphatic heterocycles. The van der Waals surface area contributed by atoms with Crippen molar-refractivity contribution in [2.45, 2.75) is 6.92 Å². The van der Waals surface area contributed by atoms with Crippen molar-refractivity contribution in [1.29, 1.82) is 0 Å². The second-order valence-corrected chi connectivity index (χ2v) is 3.63. The molecule has 0 radical (unpaired) electrons. The standard InChI is InChI=1S/C13H13NO3/c1-2-17-12-10(14)7-8-5-3-4-6-9(8)11(12)13(15)16/h3-7H,2,14H2,1H3,(H,15,16). The minimum Gasteiger partial charge on any atom is -0.491 e. The van der Waals surface area contributed by atoms with Crippen molar-refractivity contribution in [2.75, 3.05) is 12.3 Å². The van der Waals surface area contributed by atoms with Crippen molar-refractivity contribution in [1.82, 2.24) is 0 Å². The van der Waals surface area contributed by atoms with Crippen LogP contribution in [0.1, 0.15) is 17.3 Å². The van der Waals surface area contributed by atoms with Gasteiger partial charge in [-0.05, 0) is 18.4 Å². The Morgan fingerprint density at radius 3 is 2.76 bits per heavy atom. The fourth-order valence-electron chi connectivity index (χ4n) is 1.86. The smallest absolute Gasteiger partial charge is 0.340 e. The number of anilines is 1. The Bertz CT molecular complexity index is 578. The third kappa shape index (κ3) is 1.89. The van der Waals surface area contributed by atoms with Crippen LogP contribution in [0.15, 0.2) is 30.3 Å². The molecule has 0 aliphatic rings. The van der Waals surface area contributed by atoms with Gasteiger partial charge >= 0.3 is 5.97 Å². The Morgan fingerprint density at radius 1 is 1.41 bits per heavy atom. The first-order valence-corrected chi connectivity index (χ1v) is 5.32. The second kappa shape index (κ2) is 4.33. The van der Waals surface area contributed by atoms with Crippen LogP contribution in [0.5, 0.6) is 5.75 Å². The zero-order valence-corrected chi connectivity index (χ0v) is 9.43. The van der Waals surface area contributed by atoms with E-state index in [4.69, 9.17) is 10.5 Å². The summed E-state index contributed by atoms with van der Waals surface area (Å²) in [6.07, 6.45) is 0. The summed E-state index contributed by atoms with van der Waals surface area (Å²) in [6.45, 7) is 2.17. The average molecular weight is 231 g/mol. The van der Waals surface area contributed by atoms with Crippen molar-refractivity contribution in [3.8, 4) is 5.75 Å². The fourth-order valence-corrected chi connectivity index (χ4v) is 1.86. The number of nitrogens with two attached hydrogens (primary N) is 1. The molecule has 2 rings (SSSR count). The molecule has 0 amide bonds. The van der Waals surface area contributed by atoms with Gasteiger partial charge < -0.3 is 15.6 Å². The maximum Gasteiger partial charge on any atom is 0.340 e. The van der Waals surface area contributed by atoms with E-state index < -0.39 is 5.97 Å². The largest absolute Gasteiger partial charge is 0.491 e. The van der Waals surface area contributed by atoms with Crippen LogP contribution in [0.4, 0.5) is 5.69 Å². The minimum absolute atomic E-state index is 0.127. The lowest BCUT2D eigenvalue weighted by Crippen LogP contribution is -2.06. The van der Waals surface area contributed by atoms with Gasteiger partial charge in [-0.15, -0.1) is 0 Å². The highest BCUT2D eigenvalue weighted by molar-refractivity contribution is 6.08. The van der Waals surface area contributed by atoms with Crippen LogP contribution in [0.3, 0.4) is 0 Å². The highest BCUT2D eigenvalue weighted by Gasteiger charge is 2.18. The van der Waals surface area contributed by atoms with E-state index in [9.17, 15) is 9.90 Å². The number of carbonyl (C=O) groups is 1. The molecule has 2 aromatic rings. The summed E-state index contributed by atoms with van der Waals surface area (Å²) in [6, 6.07) is 8.94. The third-order valence-electron chi connectivity index (χ3n) is 2.53. The van der Waals surface area contributed by atoms with E-state index in [2.05, 4.69) is 0 Å². The van der Waals surface area contributed by atoms with Gasteiger partial charge in [0.05, 0.1) is 12.3 Å². The van der Waals surface area contributed by atoms with Gasteiger partial charge in [0.15, 0.2) is 5.75 Å². The monoisotopic (exact) mass is 231 g/mol. The molecule has 0 saturated heterocycles. The topological polar surface area (TPSA) is 72.5 Å². The number of hydrogen-bond donors (Lipinski definition) is 2. The molecule has 0 aromatic heterocycles. The first-order valence-electron chi connectivity index (χ1n) is 5.32. The molecular formula is C13H13NO3. The van der Waals surface area contributed by atoms with Crippen LogP contribution in [-0.4, -0.2) is 17.7 Å². The minimum atomic E-state index is -1.03. The lowest BCUT2D eigenvalue weighted by molar-refractivity contribution is 0.0695. The summed E-state index contributed by atoms with van der Waals surface area (Å²) in [5, 5.41) is 10.7. The lowest BCUT2D eigenvalue weighted by atomic mass is 10.0. The van der Waals surface area contributed by atoms with Crippen molar-refractivity contribution < 1.29 is 14.6 Å². The van der Waals surface area contributed by atoms with Gasteiger partial charge in [0, 0.05) is 5.39 Å². The summed E-state index contributed by atoms with van der Waals surface area (Å²) in [4.78, 5) is 11.3. The highest BCUT2D eigenvalue weighted by atomic mass is 16.5. The molecule has 0 atom stereocenters. The van der Waals surface area contributed by atoms with E-state index >= 15 is 0 Å². The average Bonchev–Trinajstić information content (AvgIpc) is 2.29. The Hall–Kier alpha value is -2.23. The molecule has 0 aliphatic carbocycles. The van der Waals surface area contributed by atoms with E-state index in [0.29, 0.717) is 17.7 Å². The molecule has 88 valence electrons. The Morgan fingerprint density at radius 2 is 2.12 bits per heavy atom.